The second kappa shape index (κ2) is 6.60. The van der Waals surface area contributed by atoms with E-state index in [4.69, 9.17) is 10.5 Å². The third kappa shape index (κ3) is 2.93. The minimum Gasteiger partial charge on any atom is -0.424 e. The maximum absolute atomic E-state index is 13.2. The second-order valence-electron chi connectivity index (χ2n) is 5.50. The molecule has 7 nitrogen and oxygen atoms in total. The minimum absolute atomic E-state index is 0.0584. The summed E-state index contributed by atoms with van der Waals surface area (Å²) in [5.41, 5.74) is 8.79. The van der Waals surface area contributed by atoms with E-state index in [1.54, 1.807) is 30.6 Å². The Kier molecular flexibility index (Phi) is 4.13. The molecule has 26 heavy (non-hydrogen) atoms. The zero-order valence-electron chi connectivity index (χ0n) is 13.6. The lowest BCUT2D eigenvalue weighted by Gasteiger charge is -2.05. The van der Waals surface area contributed by atoms with Crippen LogP contribution in [0.4, 0.5) is 9.70 Å². The molecule has 0 radical (unpaired) electrons. The zero-order valence-corrected chi connectivity index (χ0v) is 14.4. The molecule has 1 aromatic carbocycles. The molecule has 4 rings (SSSR count). The molecule has 4 aromatic rings. The van der Waals surface area contributed by atoms with Gasteiger partial charge in [0.25, 0.3) is 0 Å². The molecule has 0 aliphatic rings. The SMILES string of the molecule is Cc1ccnc(Oc2ccc(-c3cn(SF)c4ncnc(N)c34)cc2)n1. The summed E-state index contributed by atoms with van der Waals surface area (Å²) < 4.78 is 20.2. The van der Waals surface area contributed by atoms with E-state index in [0.717, 1.165) is 16.8 Å². The number of nitrogens with zero attached hydrogens (tertiary/aromatic N) is 5. The van der Waals surface area contributed by atoms with Crippen LogP contribution in [-0.2, 0) is 0 Å². The van der Waals surface area contributed by atoms with Crippen molar-refractivity contribution in [2.75, 3.05) is 5.73 Å². The van der Waals surface area contributed by atoms with E-state index >= 15 is 0 Å². The molecule has 0 saturated carbocycles. The van der Waals surface area contributed by atoms with Gasteiger partial charge in [0.2, 0.25) is 0 Å². The first-order valence-corrected chi connectivity index (χ1v) is 8.31. The first kappa shape index (κ1) is 16.3. The number of ether oxygens (including phenoxy) is 1. The van der Waals surface area contributed by atoms with Gasteiger partial charge in [-0.2, -0.15) is 0 Å². The topological polar surface area (TPSA) is 91.7 Å². The van der Waals surface area contributed by atoms with Crippen molar-refractivity contribution in [1.29, 1.82) is 0 Å². The molecule has 0 saturated heterocycles. The van der Waals surface area contributed by atoms with Gasteiger partial charge in [-0.25, -0.2) is 23.9 Å². The Morgan fingerprint density at radius 3 is 2.65 bits per heavy atom. The first-order chi connectivity index (χ1) is 12.7. The Balaban J connectivity index is 1.70. The molecule has 0 amide bonds. The normalized spacial score (nSPS) is 11.0. The zero-order chi connectivity index (χ0) is 18.1. The lowest BCUT2D eigenvalue weighted by molar-refractivity contribution is 0.440. The lowest BCUT2D eigenvalue weighted by Crippen LogP contribution is -1.94. The Morgan fingerprint density at radius 1 is 1.12 bits per heavy atom. The van der Waals surface area contributed by atoms with E-state index in [1.165, 1.54) is 10.3 Å². The Morgan fingerprint density at radius 2 is 1.92 bits per heavy atom. The van der Waals surface area contributed by atoms with Gasteiger partial charge in [0.1, 0.15) is 17.9 Å². The fourth-order valence-corrected chi connectivity index (χ4v) is 2.96. The Hall–Kier alpha value is -3.20. The number of rotatable bonds is 4. The third-order valence-electron chi connectivity index (χ3n) is 3.80. The van der Waals surface area contributed by atoms with Gasteiger partial charge in [-0.05, 0) is 30.7 Å². The predicted octanol–water partition coefficient (Wildman–Crippen LogP) is 3.95. The number of nitrogen functional groups attached to an aromatic ring is 1. The average Bonchev–Trinajstić information content (AvgIpc) is 3.03. The summed E-state index contributed by atoms with van der Waals surface area (Å²) in [6, 6.07) is 9.33. The van der Waals surface area contributed by atoms with Gasteiger partial charge in [-0.3, -0.25) is 0 Å². The van der Waals surface area contributed by atoms with E-state index in [0.29, 0.717) is 22.6 Å². The van der Waals surface area contributed by atoms with Crippen LogP contribution in [0.15, 0.2) is 49.1 Å². The fraction of sp³-hybridized carbons (Fsp3) is 0.0588. The monoisotopic (exact) mass is 368 g/mol. The summed E-state index contributed by atoms with van der Waals surface area (Å²) in [6.07, 6.45) is 4.59. The number of aromatic nitrogens is 5. The highest BCUT2D eigenvalue weighted by atomic mass is 32.2. The molecule has 3 aromatic heterocycles. The molecule has 3 heterocycles. The maximum atomic E-state index is 13.2. The highest BCUT2D eigenvalue weighted by Gasteiger charge is 2.15. The summed E-state index contributed by atoms with van der Waals surface area (Å²) in [6.45, 7) is 1.86. The molecule has 0 aliphatic heterocycles. The van der Waals surface area contributed by atoms with Crippen LogP contribution in [-0.4, -0.2) is 23.9 Å². The van der Waals surface area contributed by atoms with Crippen molar-refractivity contribution in [3.05, 3.63) is 54.7 Å². The van der Waals surface area contributed by atoms with Gasteiger partial charge in [0.05, 0.1) is 5.39 Å². The molecule has 0 fully saturated rings. The highest BCUT2D eigenvalue weighted by Crippen LogP contribution is 2.35. The van der Waals surface area contributed by atoms with Crippen LogP contribution in [0.3, 0.4) is 0 Å². The van der Waals surface area contributed by atoms with E-state index < -0.39 is 0 Å². The van der Waals surface area contributed by atoms with Gasteiger partial charge in [-0.1, -0.05) is 12.1 Å². The Bertz CT molecular complexity index is 1080. The van der Waals surface area contributed by atoms with Crippen LogP contribution >= 0.6 is 12.3 Å². The van der Waals surface area contributed by atoms with Crippen LogP contribution < -0.4 is 10.5 Å². The molecule has 0 bridgehead atoms. The summed E-state index contributed by atoms with van der Waals surface area (Å²) >= 11 is 0.0584. The van der Waals surface area contributed by atoms with Gasteiger partial charge >= 0.3 is 6.01 Å². The number of fused-ring (bicyclic) bond motifs is 1. The van der Waals surface area contributed by atoms with Crippen LogP contribution in [0.5, 0.6) is 11.8 Å². The highest BCUT2D eigenvalue weighted by molar-refractivity contribution is 7.92. The number of hydrogen-bond acceptors (Lipinski definition) is 7. The van der Waals surface area contributed by atoms with Crippen LogP contribution in [0, 0.1) is 6.92 Å². The van der Waals surface area contributed by atoms with Crippen molar-refractivity contribution < 1.29 is 8.62 Å². The fourth-order valence-electron chi connectivity index (χ4n) is 2.61. The van der Waals surface area contributed by atoms with Crippen LogP contribution in [0.2, 0.25) is 0 Å². The minimum atomic E-state index is 0.0584. The van der Waals surface area contributed by atoms with Crippen LogP contribution in [0.1, 0.15) is 5.69 Å². The second-order valence-corrected chi connectivity index (χ2v) is 6.03. The summed E-state index contributed by atoms with van der Waals surface area (Å²) in [5.74, 6) is 0.887. The van der Waals surface area contributed by atoms with Crippen molar-refractivity contribution in [2.24, 2.45) is 0 Å². The van der Waals surface area contributed by atoms with Crippen molar-refractivity contribution in [3.63, 3.8) is 0 Å². The molecule has 0 aliphatic carbocycles. The summed E-state index contributed by atoms with van der Waals surface area (Å²) in [7, 11) is 0. The van der Waals surface area contributed by atoms with Crippen molar-refractivity contribution in [1.82, 2.24) is 23.9 Å². The maximum Gasteiger partial charge on any atom is 0.322 e. The van der Waals surface area contributed by atoms with Crippen molar-refractivity contribution in [2.45, 2.75) is 6.92 Å². The smallest absolute Gasteiger partial charge is 0.322 e. The van der Waals surface area contributed by atoms with E-state index in [-0.39, 0.29) is 18.3 Å². The number of nitrogens with two attached hydrogens (primary N) is 1. The van der Waals surface area contributed by atoms with E-state index in [9.17, 15) is 3.89 Å². The van der Waals surface area contributed by atoms with Crippen molar-refractivity contribution in [3.8, 4) is 22.9 Å². The molecule has 2 N–H and O–H groups in total. The number of aryl methyl sites for hydroxylation is 1. The predicted molar refractivity (Wildman–Crippen MR) is 98.3 cm³/mol. The van der Waals surface area contributed by atoms with E-state index in [1.807, 2.05) is 19.1 Å². The molecule has 9 heteroatoms. The third-order valence-corrected chi connectivity index (χ3v) is 4.23. The number of anilines is 1. The summed E-state index contributed by atoms with van der Waals surface area (Å²) in [4.78, 5) is 16.4. The van der Waals surface area contributed by atoms with Crippen molar-refractivity contribution >= 4 is 29.2 Å². The average molecular weight is 368 g/mol. The molecule has 0 spiro atoms. The number of benzene rings is 1. The number of hydrogen-bond donors (Lipinski definition) is 1. The largest absolute Gasteiger partial charge is 0.424 e. The molecule has 130 valence electrons. The molecule has 0 atom stereocenters. The Labute approximate surface area is 152 Å². The molecular weight excluding hydrogens is 355 g/mol. The van der Waals surface area contributed by atoms with Gasteiger partial charge in [-0.15, -0.1) is 3.89 Å². The van der Waals surface area contributed by atoms with E-state index in [2.05, 4.69) is 19.9 Å². The van der Waals surface area contributed by atoms with Gasteiger partial charge in [0.15, 0.2) is 18.0 Å². The molecular formula is C17H13FN6OS. The van der Waals surface area contributed by atoms with Gasteiger partial charge in [0, 0.05) is 23.7 Å². The first-order valence-electron chi connectivity index (χ1n) is 7.64. The van der Waals surface area contributed by atoms with Crippen LogP contribution in [0.25, 0.3) is 22.2 Å². The lowest BCUT2D eigenvalue weighted by atomic mass is 10.1. The quantitative estimate of drug-likeness (QED) is 0.583. The number of halogens is 1. The molecule has 0 unspecified atom stereocenters. The standard InChI is InChI=1S/C17H13FN6OS/c1-10-6-7-20-17(23-10)25-12-4-2-11(3-5-12)13-8-24(26-18)16-14(13)15(19)21-9-22-16/h2-9H,1H3,(H2,19,21,22). The van der Waals surface area contributed by atoms with Gasteiger partial charge < -0.3 is 10.5 Å². The summed E-state index contributed by atoms with van der Waals surface area (Å²) in [5, 5.41) is 0.605.